The van der Waals surface area contributed by atoms with Crippen LogP contribution >= 0.6 is 0 Å². The number of allylic oxidation sites excluding steroid dienone is 2. The van der Waals surface area contributed by atoms with Crippen molar-refractivity contribution in [1.29, 1.82) is 0 Å². The van der Waals surface area contributed by atoms with E-state index in [1.165, 1.54) is 16.3 Å². The summed E-state index contributed by atoms with van der Waals surface area (Å²) in [6, 6.07) is 22.0. The molecule has 0 aromatic heterocycles. The van der Waals surface area contributed by atoms with Gasteiger partial charge in [-0.05, 0) is 29.2 Å². The number of nitrogens with zero attached hydrogens (tertiary/aromatic N) is 2. The standard InChI is InChI=1S/C27H26N2O2/c1-2-3-16-28-18-29(17-15-20-11-8-10-19-9-4-5-12-21(19)20)25-24(28)26(30)22-13-6-7-14-23(22)27(25)31/h4-14H,2-3,15-18H2,1H3. The third-order valence-corrected chi connectivity index (χ3v) is 6.36. The highest BCUT2D eigenvalue weighted by molar-refractivity contribution is 6.26. The fraction of sp³-hybridized carbons (Fsp3) is 0.259. The average Bonchev–Trinajstić information content (AvgIpc) is 3.18. The summed E-state index contributed by atoms with van der Waals surface area (Å²) in [5.41, 5.74) is 3.50. The number of ketones is 2. The summed E-state index contributed by atoms with van der Waals surface area (Å²) in [6.45, 7) is 4.24. The maximum Gasteiger partial charge on any atom is 0.212 e. The van der Waals surface area contributed by atoms with E-state index in [-0.39, 0.29) is 11.6 Å². The Kier molecular flexibility index (Phi) is 5.06. The normalized spacial score (nSPS) is 15.6. The zero-order valence-electron chi connectivity index (χ0n) is 17.8. The molecule has 0 bridgehead atoms. The lowest BCUT2D eigenvalue weighted by molar-refractivity contribution is 0.0950. The molecule has 0 saturated carbocycles. The van der Waals surface area contributed by atoms with Crippen molar-refractivity contribution in [3.63, 3.8) is 0 Å². The fourth-order valence-electron chi connectivity index (χ4n) is 4.76. The van der Waals surface area contributed by atoms with E-state index in [0.29, 0.717) is 35.7 Å². The molecule has 3 aromatic carbocycles. The Morgan fingerprint density at radius 1 is 0.742 bits per heavy atom. The zero-order chi connectivity index (χ0) is 21.4. The number of fused-ring (bicyclic) bond motifs is 2. The van der Waals surface area contributed by atoms with Gasteiger partial charge in [-0.2, -0.15) is 0 Å². The van der Waals surface area contributed by atoms with Crippen molar-refractivity contribution in [1.82, 2.24) is 9.80 Å². The van der Waals surface area contributed by atoms with Crippen LogP contribution in [0.2, 0.25) is 0 Å². The first-order chi connectivity index (χ1) is 15.2. The Morgan fingerprint density at radius 2 is 1.35 bits per heavy atom. The molecule has 0 amide bonds. The van der Waals surface area contributed by atoms with Crippen LogP contribution in [0, 0.1) is 0 Å². The minimum absolute atomic E-state index is 0.0195. The second-order valence-corrected chi connectivity index (χ2v) is 8.31. The Morgan fingerprint density at radius 3 is 2.06 bits per heavy atom. The summed E-state index contributed by atoms with van der Waals surface area (Å²) in [5, 5.41) is 2.47. The van der Waals surface area contributed by atoms with E-state index in [1.54, 1.807) is 12.1 Å². The summed E-state index contributed by atoms with van der Waals surface area (Å²) in [5.74, 6) is -0.0453. The first-order valence-corrected chi connectivity index (χ1v) is 11.1. The lowest BCUT2D eigenvalue weighted by atomic mass is 9.90. The number of carbonyl (C=O) groups is 2. The minimum atomic E-state index is -0.0258. The molecular weight excluding hydrogens is 384 g/mol. The van der Waals surface area contributed by atoms with Gasteiger partial charge in [0.1, 0.15) is 11.4 Å². The van der Waals surface area contributed by atoms with Crippen molar-refractivity contribution in [3.05, 3.63) is 94.8 Å². The van der Waals surface area contributed by atoms with Crippen molar-refractivity contribution in [2.75, 3.05) is 19.8 Å². The van der Waals surface area contributed by atoms with Crippen LogP contribution in [-0.4, -0.2) is 41.1 Å². The SMILES string of the molecule is CCCCN1CN(CCc2cccc3ccccc23)C2=C1C(=O)c1ccccc1C2=O. The molecule has 0 saturated heterocycles. The zero-order valence-corrected chi connectivity index (χ0v) is 17.8. The molecule has 1 aliphatic heterocycles. The van der Waals surface area contributed by atoms with E-state index in [4.69, 9.17) is 0 Å². The minimum Gasteiger partial charge on any atom is -0.349 e. The van der Waals surface area contributed by atoms with Gasteiger partial charge in [0.05, 0.1) is 6.67 Å². The molecule has 1 heterocycles. The van der Waals surface area contributed by atoms with Gasteiger partial charge in [0.25, 0.3) is 0 Å². The highest BCUT2D eigenvalue weighted by atomic mass is 16.1. The van der Waals surface area contributed by atoms with E-state index < -0.39 is 0 Å². The molecule has 5 rings (SSSR count). The van der Waals surface area contributed by atoms with Gasteiger partial charge in [-0.25, -0.2) is 0 Å². The Balaban J connectivity index is 1.48. The lowest BCUT2D eigenvalue weighted by Gasteiger charge is -2.23. The Bertz CT molecular complexity index is 1210. The molecule has 2 aliphatic rings. The Labute approximate surface area is 182 Å². The van der Waals surface area contributed by atoms with Gasteiger partial charge < -0.3 is 9.80 Å². The van der Waals surface area contributed by atoms with E-state index in [1.807, 2.05) is 12.1 Å². The van der Waals surface area contributed by atoms with Crippen LogP contribution in [0.5, 0.6) is 0 Å². The van der Waals surface area contributed by atoms with Crippen molar-refractivity contribution >= 4 is 22.3 Å². The largest absolute Gasteiger partial charge is 0.349 e. The fourth-order valence-corrected chi connectivity index (χ4v) is 4.76. The summed E-state index contributed by atoms with van der Waals surface area (Å²) in [7, 11) is 0. The smallest absolute Gasteiger partial charge is 0.212 e. The van der Waals surface area contributed by atoms with Crippen LogP contribution in [0.1, 0.15) is 46.0 Å². The number of benzene rings is 3. The summed E-state index contributed by atoms with van der Waals surface area (Å²) in [6.07, 6.45) is 2.87. The van der Waals surface area contributed by atoms with Crippen LogP contribution in [0.15, 0.2) is 78.1 Å². The van der Waals surface area contributed by atoms with E-state index in [0.717, 1.165) is 25.8 Å². The van der Waals surface area contributed by atoms with Gasteiger partial charge in [-0.15, -0.1) is 0 Å². The van der Waals surface area contributed by atoms with E-state index >= 15 is 0 Å². The van der Waals surface area contributed by atoms with Crippen LogP contribution in [0.4, 0.5) is 0 Å². The van der Waals surface area contributed by atoms with Gasteiger partial charge in [-0.3, -0.25) is 9.59 Å². The summed E-state index contributed by atoms with van der Waals surface area (Å²) >= 11 is 0. The van der Waals surface area contributed by atoms with Crippen molar-refractivity contribution in [2.24, 2.45) is 0 Å². The van der Waals surface area contributed by atoms with Gasteiger partial charge in [0, 0.05) is 24.2 Å². The molecule has 0 N–H and O–H groups in total. The number of rotatable bonds is 6. The van der Waals surface area contributed by atoms with E-state index in [2.05, 4.69) is 59.2 Å². The van der Waals surface area contributed by atoms with Crippen LogP contribution in [0.3, 0.4) is 0 Å². The van der Waals surface area contributed by atoms with Crippen molar-refractivity contribution in [3.8, 4) is 0 Å². The molecule has 4 nitrogen and oxygen atoms in total. The highest BCUT2D eigenvalue weighted by Gasteiger charge is 2.42. The highest BCUT2D eigenvalue weighted by Crippen LogP contribution is 2.35. The first kappa shape index (κ1) is 19.6. The van der Waals surface area contributed by atoms with Gasteiger partial charge in [0.15, 0.2) is 0 Å². The molecule has 0 unspecified atom stereocenters. The maximum atomic E-state index is 13.4. The van der Waals surface area contributed by atoms with Crippen molar-refractivity contribution < 1.29 is 9.59 Å². The van der Waals surface area contributed by atoms with Crippen molar-refractivity contribution in [2.45, 2.75) is 26.2 Å². The molecular formula is C27H26N2O2. The Hall–Kier alpha value is -3.40. The van der Waals surface area contributed by atoms with E-state index in [9.17, 15) is 9.59 Å². The number of hydrogen-bond donors (Lipinski definition) is 0. The summed E-state index contributed by atoms with van der Waals surface area (Å²) in [4.78, 5) is 31.0. The number of carbonyl (C=O) groups excluding carboxylic acids is 2. The monoisotopic (exact) mass is 410 g/mol. The van der Waals surface area contributed by atoms with Crippen LogP contribution in [-0.2, 0) is 6.42 Å². The first-order valence-electron chi connectivity index (χ1n) is 11.1. The third kappa shape index (κ3) is 3.32. The molecule has 0 fully saturated rings. The molecule has 4 heteroatoms. The molecule has 3 aromatic rings. The number of Topliss-reactive ketones (excluding diaryl/α,β-unsaturated/α-hetero) is 2. The second kappa shape index (κ2) is 8.03. The van der Waals surface area contributed by atoms with Gasteiger partial charge in [0.2, 0.25) is 11.6 Å². The molecule has 156 valence electrons. The molecule has 0 radical (unpaired) electrons. The molecule has 0 atom stereocenters. The topological polar surface area (TPSA) is 40.6 Å². The summed E-state index contributed by atoms with van der Waals surface area (Å²) < 4.78 is 0. The number of unbranched alkanes of at least 4 members (excludes halogenated alkanes) is 1. The van der Waals surface area contributed by atoms with Gasteiger partial charge in [-0.1, -0.05) is 80.1 Å². The third-order valence-electron chi connectivity index (χ3n) is 6.36. The predicted octanol–water partition coefficient (Wildman–Crippen LogP) is 5.05. The second-order valence-electron chi connectivity index (χ2n) is 8.31. The van der Waals surface area contributed by atoms with Crippen LogP contribution < -0.4 is 0 Å². The van der Waals surface area contributed by atoms with Crippen LogP contribution in [0.25, 0.3) is 10.8 Å². The van der Waals surface area contributed by atoms with Gasteiger partial charge >= 0.3 is 0 Å². The predicted molar refractivity (Wildman–Crippen MR) is 123 cm³/mol. The number of hydrogen-bond acceptors (Lipinski definition) is 4. The molecule has 0 spiro atoms. The molecule has 1 aliphatic carbocycles. The quantitative estimate of drug-likeness (QED) is 0.570. The maximum absolute atomic E-state index is 13.4. The lowest BCUT2D eigenvalue weighted by Crippen LogP contribution is -2.31. The molecule has 31 heavy (non-hydrogen) atoms. The average molecular weight is 411 g/mol.